The van der Waals surface area contributed by atoms with Gasteiger partial charge in [0, 0.05) is 19.6 Å². The van der Waals surface area contributed by atoms with Crippen molar-refractivity contribution in [3.05, 3.63) is 108 Å². The summed E-state index contributed by atoms with van der Waals surface area (Å²) in [5.74, 6) is 0. The maximum atomic E-state index is 6.86. The second-order valence-electron chi connectivity index (χ2n) is 8.05. The maximum Gasteiger partial charge on any atom is 0.131 e. The average Bonchev–Trinajstić information content (AvgIpc) is 2.69. The van der Waals surface area contributed by atoms with Gasteiger partial charge in [-0.25, -0.2) is 0 Å². The fourth-order valence-electron chi connectivity index (χ4n) is 4.28. The van der Waals surface area contributed by atoms with Crippen molar-refractivity contribution in [3.63, 3.8) is 0 Å². The summed E-state index contributed by atoms with van der Waals surface area (Å²) < 4.78 is 6.86. The molecule has 1 aliphatic rings. The van der Waals surface area contributed by atoms with Gasteiger partial charge in [-0.3, -0.25) is 4.90 Å². The molecule has 3 aromatic carbocycles. The lowest BCUT2D eigenvalue weighted by Crippen LogP contribution is -2.58. The van der Waals surface area contributed by atoms with Crippen LogP contribution in [0.4, 0.5) is 0 Å². The molecule has 0 aromatic heterocycles. The summed E-state index contributed by atoms with van der Waals surface area (Å²) >= 11 is 0. The van der Waals surface area contributed by atoms with E-state index in [1.54, 1.807) is 0 Å². The number of rotatable bonds is 4. The predicted molar refractivity (Wildman–Crippen MR) is 118 cm³/mol. The Morgan fingerprint density at radius 3 is 1.68 bits per heavy atom. The first-order valence-corrected chi connectivity index (χ1v) is 9.65. The van der Waals surface area contributed by atoms with Crippen molar-refractivity contribution < 1.29 is 4.74 Å². The second-order valence-corrected chi connectivity index (χ2v) is 8.05. The molecule has 0 spiro atoms. The van der Waals surface area contributed by atoms with Crippen LogP contribution in [0, 0.1) is 0 Å². The number of hydrogen-bond acceptors (Lipinski definition) is 2. The zero-order valence-electron chi connectivity index (χ0n) is 16.5. The van der Waals surface area contributed by atoms with E-state index in [1.165, 1.54) is 16.7 Å². The third kappa shape index (κ3) is 4.30. The Morgan fingerprint density at radius 1 is 0.714 bits per heavy atom. The molecule has 0 bridgehead atoms. The fraction of sp³-hybridized carbons (Fsp3) is 0.280. The molecule has 2 nitrogen and oxygen atoms in total. The summed E-state index contributed by atoms with van der Waals surface area (Å²) in [6.45, 7) is 7.06. The molecule has 1 aliphatic heterocycles. The molecule has 0 unspecified atom stereocenters. The topological polar surface area (TPSA) is 12.5 Å². The third-order valence-corrected chi connectivity index (χ3v) is 5.23. The highest BCUT2D eigenvalue weighted by molar-refractivity contribution is 5.85. The van der Waals surface area contributed by atoms with Gasteiger partial charge < -0.3 is 4.74 Å². The van der Waals surface area contributed by atoms with Crippen LogP contribution in [0.25, 0.3) is 0 Å². The zero-order chi connectivity index (χ0) is 18.7. The van der Waals surface area contributed by atoms with Crippen LogP contribution >= 0.6 is 12.4 Å². The number of hydrogen-bond donors (Lipinski definition) is 0. The number of nitrogens with zero attached hydrogens (tertiary/aromatic N) is 1. The van der Waals surface area contributed by atoms with E-state index in [0.29, 0.717) is 0 Å². The van der Waals surface area contributed by atoms with Crippen LogP contribution in [0.2, 0.25) is 0 Å². The van der Waals surface area contributed by atoms with Crippen LogP contribution in [0.3, 0.4) is 0 Å². The van der Waals surface area contributed by atoms with Crippen molar-refractivity contribution in [3.8, 4) is 0 Å². The Balaban J connectivity index is 0.00000225. The van der Waals surface area contributed by atoms with E-state index in [9.17, 15) is 0 Å². The van der Waals surface area contributed by atoms with Crippen LogP contribution < -0.4 is 0 Å². The summed E-state index contributed by atoms with van der Waals surface area (Å²) in [6, 6.07) is 32.0. The van der Waals surface area contributed by atoms with Gasteiger partial charge in [0.25, 0.3) is 0 Å². The molecule has 146 valence electrons. The van der Waals surface area contributed by atoms with E-state index < -0.39 is 5.60 Å². The minimum atomic E-state index is -0.473. The molecule has 0 saturated carbocycles. The third-order valence-electron chi connectivity index (χ3n) is 5.23. The van der Waals surface area contributed by atoms with Crippen molar-refractivity contribution in [2.75, 3.05) is 13.1 Å². The molecular weight excluding hydrogens is 366 g/mol. The number of halogens is 1. The Bertz CT molecular complexity index is 825. The van der Waals surface area contributed by atoms with Crippen LogP contribution in [-0.2, 0) is 16.9 Å². The Kier molecular flexibility index (Phi) is 6.24. The van der Waals surface area contributed by atoms with Crippen LogP contribution in [0.5, 0.6) is 0 Å². The van der Waals surface area contributed by atoms with Gasteiger partial charge in [0.2, 0.25) is 0 Å². The number of morpholine rings is 1. The van der Waals surface area contributed by atoms with Gasteiger partial charge in [-0.2, -0.15) is 0 Å². The highest BCUT2D eigenvalue weighted by Gasteiger charge is 2.46. The molecule has 1 saturated heterocycles. The minimum absolute atomic E-state index is 0. The maximum absolute atomic E-state index is 6.86. The van der Waals surface area contributed by atoms with Crippen molar-refractivity contribution in [2.24, 2.45) is 0 Å². The summed E-state index contributed by atoms with van der Waals surface area (Å²) in [6.07, 6.45) is 0. The van der Waals surface area contributed by atoms with E-state index in [4.69, 9.17) is 4.74 Å². The van der Waals surface area contributed by atoms with Gasteiger partial charge in [-0.1, -0.05) is 91.0 Å². The van der Waals surface area contributed by atoms with Gasteiger partial charge in [-0.15, -0.1) is 12.4 Å². The lowest BCUT2D eigenvalue weighted by molar-refractivity contribution is -0.185. The molecule has 0 atom stereocenters. The van der Waals surface area contributed by atoms with Crippen molar-refractivity contribution >= 4 is 12.4 Å². The lowest BCUT2D eigenvalue weighted by Gasteiger charge is -2.50. The SMILES string of the molecule is CC1(C)CN(Cc2ccccc2)CC(c2ccccc2)(c2ccccc2)O1.Cl. The Hall–Kier alpha value is -2.13. The van der Waals surface area contributed by atoms with Gasteiger partial charge >= 0.3 is 0 Å². The molecule has 1 heterocycles. The van der Waals surface area contributed by atoms with E-state index in [-0.39, 0.29) is 18.0 Å². The Morgan fingerprint density at radius 2 is 1.18 bits per heavy atom. The highest BCUT2D eigenvalue weighted by Crippen LogP contribution is 2.42. The zero-order valence-corrected chi connectivity index (χ0v) is 17.4. The van der Waals surface area contributed by atoms with Crippen LogP contribution in [-0.4, -0.2) is 23.6 Å². The summed E-state index contributed by atoms with van der Waals surface area (Å²) in [5.41, 5.74) is 3.03. The van der Waals surface area contributed by atoms with Crippen molar-refractivity contribution in [2.45, 2.75) is 31.6 Å². The standard InChI is InChI=1S/C25H27NO.ClH/c1-24(2)19-26(18-21-12-6-3-7-13-21)20-25(27-24,22-14-8-4-9-15-22)23-16-10-5-11-17-23;/h3-17H,18-20H2,1-2H3;1H. The van der Waals surface area contributed by atoms with E-state index in [2.05, 4.69) is 110 Å². The Labute approximate surface area is 174 Å². The molecule has 0 aliphatic carbocycles. The molecule has 3 aromatic rings. The first-order chi connectivity index (χ1) is 13.1. The minimum Gasteiger partial charge on any atom is -0.357 e. The van der Waals surface area contributed by atoms with Gasteiger partial charge in [0.15, 0.2) is 0 Å². The number of benzene rings is 3. The molecule has 28 heavy (non-hydrogen) atoms. The van der Waals surface area contributed by atoms with Gasteiger partial charge in [-0.05, 0) is 30.5 Å². The molecule has 3 heteroatoms. The van der Waals surface area contributed by atoms with E-state index in [0.717, 1.165) is 19.6 Å². The summed E-state index contributed by atoms with van der Waals surface area (Å²) in [5, 5.41) is 0. The van der Waals surface area contributed by atoms with Crippen LogP contribution in [0.1, 0.15) is 30.5 Å². The smallest absolute Gasteiger partial charge is 0.131 e. The molecule has 0 N–H and O–H groups in total. The fourth-order valence-corrected chi connectivity index (χ4v) is 4.28. The van der Waals surface area contributed by atoms with E-state index in [1.807, 2.05) is 0 Å². The molecule has 1 fully saturated rings. The van der Waals surface area contributed by atoms with Crippen molar-refractivity contribution in [1.29, 1.82) is 0 Å². The first-order valence-electron chi connectivity index (χ1n) is 9.65. The van der Waals surface area contributed by atoms with Crippen molar-refractivity contribution in [1.82, 2.24) is 4.90 Å². The highest BCUT2D eigenvalue weighted by atomic mass is 35.5. The lowest BCUT2D eigenvalue weighted by atomic mass is 9.82. The second kappa shape index (κ2) is 8.48. The molecule has 0 radical (unpaired) electrons. The monoisotopic (exact) mass is 393 g/mol. The summed E-state index contributed by atoms with van der Waals surface area (Å²) in [4.78, 5) is 2.53. The molecular formula is C25H28ClNO. The molecule has 4 rings (SSSR count). The predicted octanol–water partition coefficient (Wildman–Crippen LogP) is 5.66. The van der Waals surface area contributed by atoms with Gasteiger partial charge in [0.05, 0.1) is 5.60 Å². The molecule has 0 amide bonds. The average molecular weight is 394 g/mol. The number of ether oxygens (including phenoxy) is 1. The normalized spacial score (nSPS) is 18.2. The quantitative estimate of drug-likeness (QED) is 0.566. The summed E-state index contributed by atoms with van der Waals surface area (Å²) in [7, 11) is 0. The van der Waals surface area contributed by atoms with E-state index >= 15 is 0 Å². The largest absolute Gasteiger partial charge is 0.357 e. The van der Waals surface area contributed by atoms with Crippen LogP contribution in [0.15, 0.2) is 91.0 Å². The van der Waals surface area contributed by atoms with Gasteiger partial charge in [0.1, 0.15) is 5.60 Å². The first kappa shape index (κ1) is 20.6.